The summed E-state index contributed by atoms with van der Waals surface area (Å²) in [5.74, 6) is 0.625. The molecule has 3 atom stereocenters. The average molecular weight is 542 g/mol. The highest BCUT2D eigenvalue weighted by Gasteiger charge is 2.46. The number of thiazole rings is 1. The molecule has 4 aromatic heterocycles. The molecule has 0 aromatic carbocycles. The number of nitrogens with one attached hydrogen (secondary N) is 1. The number of hydrogen-bond donors (Lipinski definition) is 3. The predicted molar refractivity (Wildman–Crippen MR) is 149 cm³/mol. The maximum Gasteiger partial charge on any atom is 0.335 e. The van der Waals surface area contributed by atoms with Crippen LogP contribution in [0.2, 0.25) is 0 Å². The third-order valence-electron chi connectivity index (χ3n) is 7.35. The molecule has 0 aliphatic heterocycles. The molecule has 3 unspecified atom stereocenters. The van der Waals surface area contributed by atoms with Crippen molar-refractivity contribution in [2.75, 3.05) is 12.4 Å². The number of methoxy groups -OCH3 is 1. The van der Waals surface area contributed by atoms with Crippen LogP contribution in [-0.4, -0.2) is 43.2 Å². The van der Waals surface area contributed by atoms with Gasteiger partial charge in [-0.05, 0) is 61.9 Å². The van der Waals surface area contributed by atoms with Gasteiger partial charge in [0.2, 0.25) is 5.88 Å². The van der Waals surface area contributed by atoms with Crippen molar-refractivity contribution in [2.24, 2.45) is 11.8 Å². The van der Waals surface area contributed by atoms with E-state index < -0.39 is 11.6 Å². The zero-order valence-corrected chi connectivity index (χ0v) is 22.3. The van der Waals surface area contributed by atoms with E-state index in [0.717, 1.165) is 39.9 Å². The number of rotatable bonds is 6. The molecule has 0 radical (unpaired) electrons. The van der Waals surface area contributed by atoms with Crippen LogP contribution in [0.25, 0.3) is 21.5 Å². The zero-order chi connectivity index (χ0) is 27.1. The maximum absolute atomic E-state index is 11.8. The SMILES string of the molecule is COc1ccc2cc(Nc3cc(C)cc(-c4cnc(C5(O)CCCC6C=C(C(=O)O)C=CC65)s4)n3)ncc2n1. The third kappa shape index (κ3) is 4.77. The quantitative estimate of drug-likeness (QED) is 0.294. The molecule has 4 aromatic rings. The van der Waals surface area contributed by atoms with E-state index in [4.69, 9.17) is 9.72 Å². The number of fused-ring (bicyclic) bond motifs is 2. The first kappa shape index (κ1) is 25.1. The van der Waals surface area contributed by atoms with Gasteiger partial charge >= 0.3 is 5.97 Å². The molecule has 9 nitrogen and oxygen atoms in total. The Labute approximate surface area is 229 Å². The number of aliphatic carboxylic acids is 1. The van der Waals surface area contributed by atoms with E-state index >= 15 is 0 Å². The molecular formula is C29H27N5O4S. The fourth-order valence-electron chi connectivity index (χ4n) is 5.45. The number of anilines is 2. The van der Waals surface area contributed by atoms with Crippen molar-refractivity contribution in [1.29, 1.82) is 0 Å². The topological polar surface area (TPSA) is 130 Å². The second-order valence-electron chi connectivity index (χ2n) is 9.98. The van der Waals surface area contributed by atoms with Crippen LogP contribution < -0.4 is 10.1 Å². The fourth-order valence-corrected chi connectivity index (χ4v) is 6.50. The molecular weight excluding hydrogens is 514 g/mol. The largest absolute Gasteiger partial charge is 0.481 e. The first-order valence-electron chi connectivity index (χ1n) is 12.7. The van der Waals surface area contributed by atoms with Gasteiger partial charge in [-0.3, -0.25) is 0 Å². The van der Waals surface area contributed by atoms with Crippen LogP contribution in [0.5, 0.6) is 5.88 Å². The highest BCUT2D eigenvalue weighted by molar-refractivity contribution is 7.15. The Balaban J connectivity index is 1.27. The zero-order valence-electron chi connectivity index (χ0n) is 21.5. The summed E-state index contributed by atoms with van der Waals surface area (Å²) in [7, 11) is 1.58. The number of nitrogens with zero attached hydrogens (tertiary/aromatic N) is 4. The first-order chi connectivity index (χ1) is 18.8. The highest BCUT2D eigenvalue weighted by atomic mass is 32.1. The summed E-state index contributed by atoms with van der Waals surface area (Å²) in [6.45, 7) is 2.00. The number of aromatic nitrogens is 4. The second kappa shape index (κ2) is 9.87. The Hall–Kier alpha value is -4.15. The lowest BCUT2D eigenvalue weighted by Crippen LogP contribution is -2.42. The van der Waals surface area contributed by atoms with Gasteiger partial charge in [-0.25, -0.2) is 24.7 Å². The van der Waals surface area contributed by atoms with Gasteiger partial charge in [-0.1, -0.05) is 18.2 Å². The predicted octanol–water partition coefficient (Wildman–Crippen LogP) is 5.39. The normalized spacial score (nSPS) is 22.3. The van der Waals surface area contributed by atoms with Crippen LogP contribution in [0.15, 0.2) is 66.5 Å². The summed E-state index contributed by atoms with van der Waals surface area (Å²) in [5.41, 5.74) is 1.63. The molecule has 198 valence electrons. The Morgan fingerprint density at radius 3 is 2.85 bits per heavy atom. The van der Waals surface area contributed by atoms with Gasteiger partial charge in [-0.15, -0.1) is 11.3 Å². The Morgan fingerprint density at radius 1 is 1.15 bits per heavy atom. The summed E-state index contributed by atoms with van der Waals surface area (Å²) >= 11 is 1.43. The Bertz CT molecular complexity index is 1650. The molecule has 6 rings (SSSR count). The summed E-state index contributed by atoms with van der Waals surface area (Å²) < 4.78 is 5.19. The minimum atomic E-state index is -1.15. The summed E-state index contributed by atoms with van der Waals surface area (Å²) in [5, 5.41) is 26.1. The summed E-state index contributed by atoms with van der Waals surface area (Å²) in [4.78, 5) is 30.6. The standard InChI is InChI=1S/C29H27N5O4S/c1-16-10-21(32-25(11-16)34-24-13-18-6-8-26(38-2)33-22(18)14-30-24)23-15-31-28(39-23)29(37)9-3-4-17-12-19(27(35)36)5-7-20(17)29/h5-8,10-15,17,20,37H,3-4,9H2,1-2H3,(H,35,36)(H,30,32,34). The molecule has 10 heteroatoms. The first-order valence-corrected chi connectivity index (χ1v) is 13.5. The molecule has 0 amide bonds. The van der Waals surface area contributed by atoms with Gasteiger partial charge in [0.1, 0.15) is 22.2 Å². The molecule has 2 aliphatic carbocycles. The minimum Gasteiger partial charge on any atom is -0.481 e. The molecule has 1 saturated carbocycles. The van der Waals surface area contributed by atoms with Crippen molar-refractivity contribution in [1.82, 2.24) is 19.9 Å². The summed E-state index contributed by atoms with van der Waals surface area (Å²) in [6.07, 6.45) is 10.9. The van der Waals surface area contributed by atoms with Crippen molar-refractivity contribution < 1.29 is 19.7 Å². The van der Waals surface area contributed by atoms with E-state index in [0.29, 0.717) is 28.9 Å². The smallest absolute Gasteiger partial charge is 0.335 e. The molecule has 0 spiro atoms. The van der Waals surface area contributed by atoms with E-state index in [1.54, 1.807) is 31.7 Å². The fraction of sp³-hybridized carbons (Fsp3) is 0.276. The van der Waals surface area contributed by atoms with Crippen molar-refractivity contribution in [3.05, 3.63) is 77.1 Å². The Kier molecular flexibility index (Phi) is 6.36. The van der Waals surface area contributed by atoms with Crippen molar-refractivity contribution in [3.8, 4) is 16.5 Å². The van der Waals surface area contributed by atoms with Crippen LogP contribution in [0, 0.1) is 18.8 Å². The number of aliphatic hydroxyl groups is 1. The molecule has 2 aliphatic rings. The van der Waals surface area contributed by atoms with E-state index in [2.05, 4.69) is 20.3 Å². The molecule has 1 fully saturated rings. The highest BCUT2D eigenvalue weighted by Crippen LogP contribution is 2.49. The molecule has 3 N–H and O–H groups in total. The average Bonchev–Trinajstić information content (AvgIpc) is 3.44. The number of hydrogen-bond acceptors (Lipinski definition) is 9. The van der Waals surface area contributed by atoms with Gasteiger partial charge in [0.05, 0.1) is 35.0 Å². The van der Waals surface area contributed by atoms with Crippen LogP contribution in [0.1, 0.15) is 29.8 Å². The molecule has 0 saturated heterocycles. The molecule has 4 heterocycles. The minimum absolute atomic E-state index is 0.0363. The van der Waals surface area contributed by atoms with Crippen LogP contribution in [0.3, 0.4) is 0 Å². The maximum atomic E-state index is 11.8. The second-order valence-corrected chi connectivity index (χ2v) is 11.0. The lowest BCUT2D eigenvalue weighted by Gasteiger charge is -2.42. The number of allylic oxidation sites excluding steroid dienone is 1. The van der Waals surface area contributed by atoms with Crippen LogP contribution >= 0.6 is 11.3 Å². The van der Waals surface area contributed by atoms with Crippen molar-refractivity contribution in [2.45, 2.75) is 31.8 Å². The number of aryl methyl sites for hydroxylation is 1. The lowest BCUT2D eigenvalue weighted by molar-refractivity contribution is -0.132. The van der Waals surface area contributed by atoms with Gasteiger partial charge in [0.25, 0.3) is 0 Å². The monoisotopic (exact) mass is 541 g/mol. The summed E-state index contributed by atoms with van der Waals surface area (Å²) in [6, 6.07) is 9.59. The van der Waals surface area contributed by atoms with Crippen LogP contribution in [0.4, 0.5) is 11.6 Å². The van der Waals surface area contributed by atoms with Gasteiger partial charge in [0, 0.05) is 23.6 Å². The Morgan fingerprint density at radius 2 is 2.03 bits per heavy atom. The van der Waals surface area contributed by atoms with Crippen molar-refractivity contribution in [3.63, 3.8) is 0 Å². The van der Waals surface area contributed by atoms with Crippen LogP contribution in [-0.2, 0) is 10.4 Å². The van der Waals surface area contributed by atoms with Gasteiger partial charge < -0.3 is 20.3 Å². The number of carboxylic acids is 1. The molecule has 0 bridgehead atoms. The molecule has 39 heavy (non-hydrogen) atoms. The van der Waals surface area contributed by atoms with Gasteiger partial charge in [-0.2, -0.15) is 0 Å². The van der Waals surface area contributed by atoms with E-state index in [9.17, 15) is 15.0 Å². The third-order valence-corrected chi connectivity index (χ3v) is 8.53. The van der Waals surface area contributed by atoms with E-state index in [1.807, 2.05) is 43.3 Å². The van der Waals surface area contributed by atoms with Crippen molar-refractivity contribution >= 4 is 39.8 Å². The number of carbonyl (C=O) groups is 1. The van der Waals surface area contributed by atoms with E-state index in [1.165, 1.54) is 11.3 Å². The number of pyridine rings is 3. The van der Waals surface area contributed by atoms with Gasteiger partial charge in [0.15, 0.2) is 0 Å². The number of carboxylic acid groups (broad SMARTS) is 1. The lowest BCUT2D eigenvalue weighted by atomic mass is 9.67. The number of ether oxygens (including phenoxy) is 1. The van der Waals surface area contributed by atoms with E-state index in [-0.39, 0.29) is 17.4 Å².